The highest BCUT2D eigenvalue weighted by Crippen LogP contribution is 2.14. The molecule has 0 aliphatic rings. The summed E-state index contributed by atoms with van der Waals surface area (Å²) in [4.78, 5) is 0. The van der Waals surface area contributed by atoms with E-state index < -0.39 is 0 Å². The Kier molecular flexibility index (Phi) is 4.40. The third-order valence-electron chi connectivity index (χ3n) is 3.23. The fraction of sp³-hybridized carbons (Fsp3) is 0.294. The lowest BCUT2D eigenvalue weighted by atomic mass is 10.0. The van der Waals surface area contributed by atoms with Gasteiger partial charge in [0.05, 0.1) is 0 Å². The molecule has 0 spiro atoms. The van der Waals surface area contributed by atoms with Crippen LogP contribution in [0.4, 0.5) is 5.69 Å². The van der Waals surface area contributed by atoms with Crippen LogP contribution in [0.2, 0.25) is 0 Å². The molecule has 1 N–H and O–H groups in total. The van der Waals surface area contributed by atoms with Crippen molar-refractivity contribution in [2.24, 2.45) is 0 Å². The minimum absolute atomic E-state index is 0.532. The Labute approximate surface area is 110 Å². The van der Waals surface area contributed by atoms with E-state index in [9.17, 15) is 0 Å². The van der Waals surface area contributed by atoms with Gasteiger partial charge < -0.3 is 5.32 Å². The number of nitrogens with one attached hydrogen (secondary N) is 1. The van der Waals surface area contributed by atoms with Crippen LogP contribution in [0.15, 0.2) is 54.6 Å². The van der Waals surface area contributed by atoms with E-state index in [1.165, 1.54) is 16.8 Å². The first-order valence-corrected chi connectivity index (χ1v) is 6.67. The van der Waals surface area contributed by atoms with Gasteiger partial charge in [-0.1, -0.05) is 49.4 Å². The van der Waals surface area contributed by atoms with Crippen molar-refractivity contribution in [1.82, 2.24) is 0 Å². The number of rotatable bonds is 5. The van der Waals surface area contributed by atoms with Crippen LogP contribution in [0.1, 0.15) is 31.4 Å². The first-order valence-electron chi connectivity index (χ1n) is 6.67. The number of anilines is 1. The van der Waals surface area contributed by atoms with Crippen LogP contribution in [0, 0.1) is 0 Å². The first-order chi connectivity index (χ1) is 8.78. The molecule has 0 radical (unpaired) electrons. The molecule has 1 heteroatoms. The molecule has 18 heavy (non-hydrogen) atoms. The molecule has 1 nitrogen and oxygen atoms in total. The molecule has 0 bridgehead atoms. The van der Waals surface area contributed by atoms with E-state index in [0.717, 1.165) is 12.8 Å². The zero-order chi connectivity index (χ0) is 12.8. The van der Waals surface area contributed by atoms with Crippen LogP contribution in [-0.4, -0.2) is 6.04 Å². The summed E-state index contributed by atoms with van der Waals surface area (Å²) in [5.41, 5.74) is 3.93. The number of hydrogen-bond acceptors (Lipinski definition) is 1. The van der Waals surface area contributed by atoms with E-state index >= 15 is 0 Å². The largest absolute Gasteiger partial charge is 0.383 e. The van der Waals surface area contributed by atoms with Crippen molar-refractivity contribution in [2.45, 2.75) is 32.7 Å². The molecule has 0 heterocycles. The van der Waals surface area contributed by atoms with Crippen molar-refractivity contribution in [3.63, 3.8) is 0 Å². The normalized spacial score (nSPS) is 12.1. The highest BCUT2D eigenvalue weighted by molar-refractivity contribution is 5.46. The minimum Gasteiger partial charge on any atom is -0.383 e. The average molecular weight is 239 g/mol. The van der Waals surface area contributed by atoms with Crippen molar-refractivity contribution in [3.8, 4) is 0 Å². The second-order valence-electron chi connectivity index (χ2n) is 4.81. The second-order valence-corrected chi connectivity index (χ2v) is 4.81. The Bertz CT molecular complexity index is 459. The summed E-state index contributed by atoms with van der Waals surface area (Å²) < 4.78 is 0. The fourth-order valence-electron chi connectivity index (χ4n) is 1.94. The summed E-state index contributed by atoms with van der Waals surface area (Å²) in [7, 11) is 0. The van der Waals surface area contributed by atoms with Gasteiger partial charge in [-0.3, -0.25) is 0 Å². The van der Waals surface area contributed by atoms with Gasteiger partial charge in [-0.15, -0.1) is 0 Å². The molecule has 0 saturated heterocycles. The molecule has 1 unspecified atom stereocenters. The Hall–Kier alpha value is -1.76. The fourth-order valence-corrected chi connectivity index (χ4v) is 1.94. The predicted octanol–water partition coefficient (Wildman–Crippen LogP) is 4.49. The third-order valence-corrected chi connectivity index (χ3v) is 3.23. The van der Waals surface area contributed by atoms with Crippen LogP contribution in [0.3, 0.4) is 0 Å². The molecule has 0 aliphatic carbocycles. The number of hydrogen-bond donors (Lipinski definition) is 1. The zero-order valence-corrected chi connectivity index (χ0v) is 11.2. The lowest BCUT2D eigenvalue weighted by Gasteiger charge is -2.13. The van der Waals surface area contributed by atoms with E-state index in [4.69, 9.17) is 0 Å². The monoisotopic (exact) mass is 239 g/mol. The Morgan fingerprint density at radius 2 is 1.50 bits per heavy atom. The van der Waals surface area contributed by atoms with E-state index in [-0.39, 0.29) is 0 Å². The van der Waals surface area contributed by atoms with Crippen molar-refractivity contribution < 1.29 is 0 Å². The molecule has 0 aliphatic heterocycles. The molecule has 2 aromatic rings. The molecule has 0 amide bonds. The van der Waals surface area contributed by atoms with E-state index in [1.807, 2.05) is 0 Å². The highest BCUT2D eigenvalue weighted by Gasteiger charge is 1.99. The van der Waals surface area contributed by atoms with Gasteiger partial charge in [-0.25, -0.2) is 0 Å². The zero-order valence-electron chi connectivity index (χ0n) is 11.2. The quantitative estimate of drug-likeness (QED) is 0.810. The Morgan fingerprint density at radius 3 is 2.11 bits per heavy atom. The predicted molar refractivity (Wildman–Crippen MR) is 79.1 cm³/mol. The van der Waals surface area contributed by atoms with E-state index in [2.05, 4.69) is 73.8 Å². The maximum absolute atomic E-state index is 3.48. The average Bonchev–Trinajstić information content (AvgIpc) is 2.42. The highest BCUT2D eigenvalue weighted by atomic mass is 14.9. The standard InChI is InChI=1S/C17H21N/c1-3-14(2)18-17-11-9-16(10-12-17)13-15-7-5-4-6-8-15/h4-12,14,18H,3,13H2,1-2H3. The molecule has 94 valence electrons. The Balaban J connectivity index is 2.00. The van der Waals surface area contributed by atoms with Gasteiger partial charge in [0.1, 0.15) is 0 Å². The maximum Gasteiger partial charge on any atom is 0.0342 e. The first kappa shape index (κ1) is 12.7. The summed E-state index contributed by atoms with van der Waals surface area (Å²) >= 11 is 0. The maximum atomic E-state index is 3.48. The second kappa shape index (κ2) is 6.25. The van der Waals surface area contributed by atoms with Gasteiger partial charge in [0.15, 0.2) is 0 Å². The minimum atomic E-state index is 0.532. The summed E-state index contributed by atoms with van der Waals surface area (Å²) in [5, 5.41) is 3.48. The van der Waals surface area contributed by atoms with Gasteiger partial charge in [0.25, 0.3) is 0 Å². The molecular formula is C17H21N. The van der Waals surface area contributed by atoms with Gasteiger partial charge >= 0.3 is 0 Å². The van der Waals surface area contributed by atoms with Crippen molar-refractivity contribution in [3.05, 3.63) is 65.7 Å². The van der Waals surface area contributed by atoms with Gasteiger partial charge in [0.2, 0.25) is 0 Å². The van der Waals surface area contributed by atoms with Crippen molar-refractivity contribution in [1.29, 1.82) is 0 Å². The van der Waals surface area contributed by atoms with Gasteiger partial charge in [-0.2, -0.15) is 0 Å². The van der Waals surface area contributed by atoms with Crippen LogP contribution in [0.25, 0.3) is 0 Å². The van der Waals surface area contributed by atoms with Crippen LogP contribution in [-0.2, 0) is 6.42 Å². The third kappa shape index (κ3) is 3.63. The molecule has 2 aromatic carbocycles. The van der Waals surface area contributed by atoms with Gasteiger partial charge in [0, 0.05) is 11.7 Å². The topological polar surface area (TPSA) is 12.0 Å². The lowest BCUT2D eigenvalue weighted by molar-refractivity contribution is 0.764. The summed E-state index contributed by atoms with van der Waals surface area (Å²) in [6, 6.07) is 19.9. The van der Waals surface area contributed by atoms with Crippen LogP contribution >= 0.6 is 0 Å². The lowest BCUT2D eigenvalue weighted by Crippen LogP contribution is -2.13. The molecule has 0 aromatic heterocycles. The molecule has 1 atom stereocenters. The smallest absolute Gasteiger partial charge is 0.0342 e. The molecule has 0 saturated carbocycles. The van der Waals surface area contributed by atoms with Crippen LogP contribution < -0.4 is 5.32 Å². The van der Waals surface area contributed by atoms with Crippen molar-refractivity contribution in [2.75, 3.05) is 5.32 Å². The summed E-state index contributed by atoms with van der Waals surface area (Å²) in [5.74, 6) is 0. The van der Waals surface area contributed by atoms with E-state index in [1.54, 1.807) is 0 Å². The van der Waals surface area contributed by atoms with Crippen LogP contribution in [0.5, 0.6) is 0 Å². The van der Waals surface area contributed by atoms with Crippen molar-refractivity contribution >= 4 is 5.69 Å². The Morgan fingerprint density at radius 1 is 0.889 bits per heavy atom. The summed E-state index contributed by atoms with van der Waals surface area (Å²) in [6.45, 7) is 4.40. The SMILES string of the molecule is CCC(C)Nc1ccc(Cc2ccccc2)cc1. The molecular weight excluding hydrogens is 218 g/mol. The summed E-state index contributed by atoms with van der Waals surface area (Å²) in [6.07, 6.45) is 2.15. The van der Waals surface area contributed by atoms with E-state index in [0.29, 0.717) is 6.04 Å². The molecule has 2 rings (SSSR count). The van der Waals surface area contributed by atoms with Gasteiger partial charge in [-0.05, 0) is 43.0 Å². The molecule has 0 fully saturated rings. The number of benzene rings is 2.